The summed E-state index contributed by atoms with van der Waals surface area (Å²) in [5.41, 5.74) is 5.02. The van der Waals surface area contributed by atoms with E-state index in [1.165, 1.54) is 21.4 Å². The van der Waals surface area contributed by atoms with Crippen LogP contribution in [-0.4, -0.2) is 16.8 Å². The quantitative estimate of drug-likeness (QED) is 0.917. The second-order valence-electron chi connectivity index (χ2n) is 6.22. The highest BCUT2D eigenvalue weighted by atomic mass is 16.1. The first-order chi connectivity index (χ1) is 10.8. The van der Waals surface area contributed by atoms with Gasteiger partial charge in [0, 0.05) is 5.56 Å². The first kappa shape index (κ1) is 16.9. The molecule has 5 heteroatoms. The van der Waals surface area contributed by atoms with Gasteiger partial charge in [-0.05, 0) is 38.8 Å². The third-order valence-electron chi connectivity index (χ3n) is 4.16. The fourth-order valence-electron chi connectivity index (χ4n) is 2.69. The Morgan fingerprint density at radius 2 is 1.96 bits per heavy atom. The van der Waals surface area contributed by atoms with E-state index < -0.39 is 0 Å². The van der Waals surface area contributed by atoms with Crippen molar-refractivity contribution in [3.05, 3.63) is 62.1 Å². The number of aryl methyl sites for hydroxylation is 3. The molecule has 0 aliphatic heterocycles. The van der Waals surface area contributed by atoms with Crippen molar-refractivity contribution in [2.75, 3.05) is 7.05 Å². The number of nitriles is 1. The molecule has 23 heavy (non-hydrogen) atoms. The standard InChI is InChI=1S/C18H22N4O/c1-12-6-7-16(13(2)8-12)10-21(5)11-22-18(23)17(9-19)14(3)15(4)20-22/h6-8H,10-11H2,1-5H3/p+1. The molecule has 0 aliphatic rings. The average molecular weight is 311 g/mol. The van der Waals surface area contributed by atoms with E-state index in [9.17, 15) is 10.1 Å². The largest absolute Gasteiger partial charge is 0.315 e. The van der Waals surface area contributed by atoms with Crippen molar-refractivity contribution in [3.8, 4) is 6.07 Å². The summed E-state index contributed by atoms with van der Waals surface area (Å²) in [7, 11) is 2.02. The smallest absolute Gasteiger partial charge is 0.289 e. The van der Waals surface area contributed by atoms with E-state index in [1.807, 2.05) is 20.0 Å². The zero-order valence-electron chi connectivity index (χ0n) is 14.4. The number of nitrogens with one attached hydrogen (secondary N) is 1. The molecule has 1 unspecified atom stereocenters. The maximum absolute atomic E-state index is 12.3. The maximum atomic E-state index is 12.3. The summed E-state index contributed by atoms with van der Waals surface area (Å²) in [5, 5.41) is 13.5. The lowest BCUT2D eigenvalue weighted by Gasteiger charge is -2.17. The molecular formula is C18H23N4O+. The van der Waals surface area contributed by atoms with Gasteiger partial charge < -0.3 is 4.90 Å². The van der Waals surface area contributed by atoms with Crippen LogP contribution in [0.1, 0.15) is 33.5 Å². The highest BCUT2D eigenvalue weighted by molar-refractivity contribution is 5.36. The molecule has 0 fully saturated rings. The van der Waals surface area contributed by atoms with E-state index in [1.54, 1.807) is 6.92 Å². The van der Waals surface area contributed by atoms with Gasteiger partial charge in [-0.1, -0.05) is 23.8 Å². The minimum absolute atomic E-state index is 0.191. The molecule has 0 saturated heterocycles. The zero-order valence-corrected chi connectivity index (χ0v) is 14.4. The fraction of sp³-hybridized carbons (Fsp3) is 0.389. The molecule has 1 N–H and O–H groups in total. The van der Waals surface area contributed by atoms with Crippen LogP contribution in [0.3, 0.4) is 0 Å². The Hall–Kier alpha value is -2.45. The molecule has 1 aromatic heterocycles. The lowest BCUT2D eigenvalue weighted by Crippen LogP contribution is -3.07. The fourth-order valence-corrected chi connectivity index (χ4v) is 2.69. The number of hydrogen-bond donors (Lipinski definition) is 1. The summed E-state index contributed by atoms with van der Waals surface area (Å²) in [4.78, 5) is 13.5. The summed E-state index contributed by atoms with van der Waals surface area (Å²) < 4.78 is 1.40. The highest BCUT2D eigenvalue weighted by Gasteiger charge is 2.14. The molecule has 2 aromatic rings. The third-order valence-corrected chi connectivity index (χ3v) is 4.16. The lowest BCUT2D eigenvalue weighted by atomic mass is 10.1. The minimum Gasteiger partial charge on any atom is -0.315 e. The van der Waals surface area contributed by atoms with Gasteiger partial charge in [0.05, 0.1) is 12.7 Å². The van der Waals surface area contributed by atoms with Crippen molar-refractivity contribution < 1.29 is 4.90 Å². The van der Waals surface area contributed by atoms with Gasteiger partial charge in [-0.15, -0.1) is 0 Å². The Morgan fingerprint density at radius 1 is 1.26 bits per heavy atom. The summed E-state index contributed by atoms with van der Waals surface area (Å²) in [6.45, 7) is 9.00. The highest BCUT2D eigenvalue weighted by Crippen LogP contribution is 2.09. The Labute approximate surface area is 136 Å². The number of rotatable bonds is 4. The van der Waals surface area contributed by atoms with Crippen molar-refractivity contribution in [1.29, 1.82) is 5.26 Å². The van der Waals surface area contributed by atoms with Crippen LogP contribution in [0.15, 0.2) is 23.0 Å². The Kier molecular flexibility index (Phi) is 4.97. The molecule has 120 valence electrons. The second kappa shape index (κ2) is 6.76. The van der Waals surface area contributed by atoms with Gasteiger partial charge >= 0.3 is 0 Å². The van der Waals surface area contributed by atoms with E-state index in [0.717, 1.165) is 17.1 Å². The lowest BCUT2D eigenvalue weighted by molar-refractivity contribution is -0.917. The van der Waals surface area contributed by atoms with Crippen LogP contribution in [0.2, 0.25) is 0 Å². The maximum Gasteiger partial charge on any atom is 0.289 e. The van der Waals surface area contributed by atoms with Crippen LogP contribution in [0.5, 0.6) is 0 Å². The summed E-state index contributed by atoms with van der Waals surface area (Å²) in [6.07, 6.45) is 0. The van der Waals surface area contributed by atoms with Crippen molar-refractivity contribution in [2.24, 2.45) is 0 Å². The minimum atomic E-state index is -0.310. The van der Waals surface area contributed by atoms with Gasteiger partial charge in [-0.3, -0.25) is 4.79 Å². The monoisotopic (exact) mass is 311 g/mol. The van der Waals surface area contributed by atoms with E-state index in [2.05, 4.69) is 37.1 Å². The second-order valence-corrected chi connectivity index (χ2v) is 6.22. The number of aromatic nitrogens is 2. The van der Waals surface area contributed by atoms with E-state index in [0.29, 0.717) is 12.2 Å². The number of quaternary nitrogens is 1. The molecular weight excluding hydrogens is 288 g/mol. The van der Waals surface area contributed by atoms with E-state index in [-0.39, 0.29) is 11.1 Å². The third kappa shape index (κ3) is 3.66. The van der Waals surface area contributed by atoms with Gasteiger partial charge in [0.15, 0.2) is 6.67 Å². The average Bonchev–Trinajstić information content (AvgIpc) is 2.48. The van der Waals surface area contributed by atoms with Crippen molar-refractivity contribution in [1.82, 2.24) is 9.78 Å². The van der Waals surface area contributed by atoms with Gasteiger partial charge in [-0.25, -0.2) is 0 Å². The molecule has 0 spiro atoms. The number of hydrogen-bond acceptors (Lipinski definition) is 3. The van der Waals surface area contributed by atoms with Crippen LogP contribution >= 0.6 is 0 Å². The molecule has 1 aromatic carbocycles. The Balaban J connectivity index is 2.24. The Bertz CT molecular complexity index is 830. The summed E-state index contributed by atoms with van der Waals surface area (Å²) in [5.74, 6) is 0. The van der Waals surface area contributed by atoms with E-state index >= 15 is 0 Å². The van der Waals surface area contributed by atoms with Crippen molar-refractivity contribution >= 4 is 0 Å². The first-order valence-corrected chi connectivity index (χ1v) is 7.69. The molecule has 0 radical (unpaired) electrons. The molecule has 5 nitrogen and oxygen atoms in total. The normalized spacial score (nSPS) is 12.0. The topological polar surface area (TPSA) is 63.1 Å². The van der Waals surface area contributed by atoms with Crippen LogP contribution < -0.4 is 10.5 Å². The molecule has 0 amide bonds. The van der Waals surface area contributed by atoms with Crippen molar-refractivity contribution in [2.45, 2.75) is 40.9 Å². The summed E-state index contributed by atoms with van der Waals surface area (Å²) in [6, 6.07) is 8.40. The molecule has 1 atom stereocenters. The molecule has 0 saturated carbocycles. The molecule has 0 aliphatic carbocycles. The van der Waals surface area contributed by atoms with E-state index in [4.69, 9.17) is 0 Å². The predicted molar refractivity (Wildman–Crippen MR) is 89.2 cm³/mol. The zero-order chi connectivity index (χ0) is 17.1. The first-order valence-electron chi connectivity index (χ1n) is 7.69. The van der Waals surface area contributed by atoms with Gasteiger partial charge in [0.1, 0.15) is 18.2 Å². The number of nitrogens with zero attached hydrogens (tertiary/aromatic N) is 3. The predicted octanol–water partition coefficient (Wildman–Crippen LogP) is 1.02. The van der Waals surface area contributed by atoms with Gasteiger partial charge in [0.2, 0.25) is 0 Å². The van der Waals surface area contributed by atoms with Crippen LogP contribution in [0, 0.1) is 39.0 Å². The number of benzene rings is 1. The van der Waals surface area contributed by atoms with Gasteiger partial charge in [-0.2, -0.15) is 15.0 Å². The molecule has 1 heterocycles. The van der Waals surface area contributed by atoms with Crippen LogP contribution in [0.25, 0.3) is 0 Å². The Morgan fingerprint density at radius 3 is 2.57 bits per heavy atom. The molecule has 0 bridgehead atoms. The van der Waals surface area contributed by atoms with Gasteiger partial charge in [0.25, 0.3) is 5.56 Å². The molecule has 2 rings (SSSR count). The summed E-state index contributed by atoms with van der Waals surface area (Å²) >= 11 is 0. The van der Waals surface area contributed by atoms with Crippen molar-refractivity contribution in [3.63, 3.8) is 0 Å². The van der Waals surface area contributed by atoms with Crippen LogP contribution in [0.4, 0.5) is 0 Å². The SMILES string of the molecule is Cc1ccc(C[NH+](C)Cn2nc(C)c(C)c(C#N)c2=O)c(C)c1. The van der Waals surface area contributed by atoms with Crippen LogP contribution in [-0.2, 0) is 13.2 Å².